The molecule has 0 N–H and O–H groups in total. The van der Waals surface area contributed by atoms with Crippen molar-refractivity contribution >= 4 is 0 Å². The topological polar surface area (TPSA) is 0 Å². The van der Waals surface area contributed by atoms with E-state index in [-0.39, 0.29) is 51.0 Å². The normalized spacial score (nSPS) is 19.6. The minimum absolute atomic E-state index is 0. The van der Waals surface area contributed by atoms with Gasteiger partial charge < -0.3 is 24.8 Å². The van der Waals surface area contributed by atoms with Crippen LogP contribution >= 0.6 is 0 Å². The largest absolute Gasteiger partial charge is 3.00 e. The first kappa shape index (κ1) is 18.3. The number of allylic oxidation sites excluding steroid dienone is 4. The third-order valence-corrected chi connectivity index (χ3v) is 3.00. The van der Waals surface area contributed by atoms with Crippen LogP contribution in [-0.4, -0.2) is 0 Å². The van der Waals surface area contributed by atoms with Gasteiger partial charge in [0.25, 0.3) is 0 Å². The van der Waals surface area contributed by atoms with Crippen molar-refractivity contribution in [3.63, 3.8) is 0 Å². The fraction of sp³-hybridized carbons (Fsp3) is 0.667. The Hall–Kier alpha value is 0.943. The van der Waals surface area contributed by atoms with Gasteiger partial charge in [0.1, 0.15) is 0 Å². The zero-order valence-electron chi connectivity index (χ0n) is 8.94. The summed E-state index contributed by atoms with van der Waals surface area (Å²) in [6, 6.07) is 0. The SMILES string of the molecule is [C-]1=C(CC2CCCCC2)C=CC1.[Cl-].[Cl-].[Zr+3]. The molecular formula is C12H17Cl2Zr. The second kappa shape index (κ2) is 10.1. The summed E-state index contributed by atoms with van der Waals surface area (Å²) in [4.78, 5) is 0. The van der Waals surface area contributed by atoms with Gasteiger partial charge in [0.15, 0.2) is 0 Å². The zero-order chi connectivity index (χ0) is 8.23. The third-order valence-electron chi connectivity index (χ3n) is 3.00. The molecule has 83 valence electrons. The first-order valence-corrected chi connectivity index (χ1v) is 5.21. The molecule has 0 heterocycles. The first-order chi connectivity index (χ1) is 5.95. The van der Waals surface area contributed by atoms with Crippen molar-refractivity contribution in [2.45, 2.75) is 44.9 Å². The molecule has 2 aliphatic rings. The molecule has 0 saturated heterocycles. The average Bonchev–Trinajstić information content (AvgIpc) is 2.59. The van der Waals surface area contributed by atoms with Crippen molar-refractivity contribution in [2.24, 2.45) is 5.92 Å². The Labute approximate surface area is 125 Å². The van der Waals surface area contributed by atoms with E-state index in [1.54, 1.807) is 0 Å². The zero-order valence-corrected chi connectivity index (χ0v) is 12.9. The van der Waals surface area contributed by atoms with Crippen LogP contribution < -0.4 is 24.8 Å². The van der Waals surface area contributed by atoms with Gasteiger partial charge in [-0.3, -0.25) is 6.08 Å². The molecule has 0 atom stereocenters. The Balaban J connectivity index is 0. The predicted molar refractivity (Wildman–Crippen MR) is 51.7 cm³/mol. The summed E-state index contributed by atoms with van der Waals surface area (Å²) in [6.45, 7) is 0. The van der Waals surface area contributed by atoms with Crippen LogP contribution in [0.15, 0.2) is 17.7 Å². The Kier molecular flexibility index (Phi) is 12.4. The summed E-state index contributed by atoms with van der Waals surface area (Å²) >= 11 is 0. The molecule has 0 nitrogen and oxygen atoms in total. The maximum absolute atomic E-state index is 3.41. The number of rotatable bonds is 2. The van der Waals surface area contributed by atoms with E-state index < -0.39 is 0 Å². The Morgan fingerprint density at radius 3 is 2.33 bits per heavy atom. The van der Waals surface area contributed by atoms with Crippen molar-refractivity contribution in [3.05, 3.63) is 23.8 Å². The smallest absolute Gasteiger partial charge is 1.00 e. The summed E-state index contributed by atoms with van der Waals surface area (Å²) in [5.41, 5.74) is 1.47. The van der Waals surface area contributed by atoms with E-state index in [0.717, 1.165) is 12.3 Å². The molecule has 2 rings (SSSR count). The molecule has 2 aliphatic carbocycles. The Morgan fingerprint density at radius 1 is 1.13 bits per heavy atom. The van der Waals surface area contributed by atoms with Crippen molar-refractivity contribution in [2.75, 3.05) is 0 Å². The van der Waals surface area contributed by atoms with Gasteiger partial charge in [0.2, 0.25) is 0 Å². The second-order valence-corrected chi connectivity index (χ2v) is 4.02. The second-order valence-electron chi connectivity index (χ2n) is 4.02. The Bertz CT molecular complexity index is 206. The van der Waals surface area contributed by atoms with Crippen LogP contribution in [0.5, 0.6) is 0 Å². The van der Waals surface area contributed by atoms with Gasteiger partial charge in [-0.1, -0.05) is 38.5 Å². The van der Waals surface area contributed by atoms with Gasteiger partial charge >= 0.3 is 26.2 Å². The van der Waals surface area contributed by atoms with Gasteiger partial charge in [-0.25, -0.2) is 11.6 Å². The minimum atomic E-state index is 0. The molecule has 1 fully saturated rings. The predicted octanol–water partition coefficient (Wildman–Crippen LogP) is -2.35. The van der Waals surface area contributed by atoms with Crippen molar-refractivity contribution in [1.29, 1.82) is 0 Å². The number of hydrogen-bond donors (Lipinski definition) is 0. The molecule has 1 radical (unpaired) electrons. The van der Waals surface area contributed by atoms with E-state index in [9.17, 15) is 0 Å². The fourth-order valence-corrected chi connectivity index (χ4v) is 2.29. The summed E-state index contributed by atoms with van der Waals surface area (Å²) in [5, 5.41) is 0. The number of halogens is 2. The van der Waals surface area contributed by atoms with Crippen LogP contribution in [-0.2, 0) is 26.2 Å². The molecule has 15 heavy (non-hydrogen) atoms. The molecule has 1 saturated carbocycles. The molecule has 0 unspecified atom stereocenters. The van der Waals surface area contributed by atoms with Crippen LogP contribution in [0.2, 0.25) is 0 Å². The van der Waals surface area contributed by atoms with Crippen LogP contribution in [0.4, 0.5) is 0 Å². The number of hydrogen-bond acceptors (Lipinski definition) is 0. The fourth-order valence-electron chi connectivity index (χ4n) is 2.29. The standard InChI is InChI=1S/C12H17.2ClH.Zr/c1-2-6-11(7-3-1)10-12-8-4-5-9-12;;;/h4,8,11H,1-3,5-7,10H2;2*1H;/q-1;;;+3/p-2. The molecule has 3 heteroatoms. The van der Waals surface area contributed by atoms with Crippen LogP contribution in [0, 0.1) is 12.0 Å². The van der Waals surface area contributed by atoms with Crippen LogP contribution in [0.25, 0.3) is 0 Å². The molecule has 0 aromatic rings. The average molecular weight is 323 g/mol. The van der Waals surface area contributed by atoms with E-state index in [4.69, 9.17) is 0 Å². The molecule has 0 aliphatic heterocycles. The summed E-state index contributed by atoms with van der Waals surface area (Å²) in [5.74, 6) is 0.976. The van der Waals surface area contributed by atoms with Gasteiger partial charge in [-0.05, 0) is 5.92 Å². The maximum Gasteiger partial charge on any atom is 3.00 e. The van der Waals surface area contributed by atoms with Crippen LogP contribution in [0.3, 0.4) is 0 Å². The quantitative estimate of drug-likeness (QED) is 0.500. The Morgan fingerprint density at radius 2 is 1.80 bits per heavy atom. The van der Waals surface area contributed by atoms with E-state index in [2.05, 4.69) is 18.2 Å². The van der Waals surface area contributed by atoms with E-state index in [0.29, 0.717) is 0 Å². The van der Waals surface area contributed by atoms with Crippen LogP contribution in [0.1, 0.15) is 44.9 Å². The van der Waals surface area contributed by atoms with Gasteiger partial charge in [0.05, 0.1) is 0 Å². The van der Waals surface area contributed by atoms with Gasteiger partial charge in [-0.2, -0.15) is 6.08 Å². The molecular weight excluding hydrogens is 306 g/mol. The first-order valence-electron chi connectivity index (χ1n) is 5.21. The summed E-state index contributed by atoms with van der Waals surface area (Å²) < 4.78 is 0. The van der Waals surface area contributed by atoms with E-state index in [1.165, 1.54) is 44.1 Å². The molecule has 0 amide bonds. The van der Waals surface area contributed by atoms with E-state index >= 15 is 0 Å². The monoisotopic (exact) mass is 321 g/mol. The van der Waals surface area contributed by atoms with E-state index in [1.807, 2.05) is 0 Å². The van der Waals surface area contributed by atoms with Crippen molar-refractivity contribution in [1.82, 2.24) is 0 Å². The summed E-state index contributed by atoms with van der Waals surface area (Å²) in [7, 11) is 0. The van der Waals surface area contributed by atoms with Crippen molar-refractivity contribution < 1.29 is 51.0 Å². The maximum atomic E-state index is 3.41. The molecule has 0 aromatic heterocycles. The minimum Gasteiger partial charge on any atom is -1.00 e. The molecule has 0 aromatic carbocycles. The van der Waals surface area contributed by atoms with Gasteiger partial charge in [0, 0.05) is 0 Å². The summed E-state index contributed by atoms with van der Waals surface area (Å²) in [6.07, 6.45) is 17.6. The van der Waals surface area contributed by atoms with Crippen molar-refractivity contribution in [3.8, 4) is 0 Å². The molecule has 0 bridgehead atoms. The van der Waals surface area contributed by atoms with Gasteiger partial charge in [-0.15, -0.1) is 6.42 Å². The third kappa shape index (κ3) is 6.29. The molecule has 0 spiro atoms.